The lowest BCUT2D eigenvalue weighted by Crippen LogP contribution is -2.05. The number of unbranched alkanes of at least 4 members (excludes halogenated alkanes) is 3. The van der Waals surface area contributed by atoms with Gasteiger partial charge in [0.05, 0.1) is 12.2 Å². The Labute approximate surface area is 220 Å². The van der Waals surface area contributed by atoms with E-state index in [-0.39, 0.29) is 24.2 Å². The second-order valence-corrected chi connectivity index (χ2v) is 10.0. The SMILES string of the molecule is CSc1ccc(CCCCCCOc2cc3c(cc2CCC(=O)O)C(=O)c2cc(C(=O)O)ccc2-3)cc1. The van der Waals surface area contributed by atoms with Crippen LogP contribution in [-0.2, 0) is 17.6 Å². The van der Waals surface area contributed by atoms with Gasteiger partial charge in [-0.15, -0.1) is 11.8 Å². The van der Waals surface area contributed by atoms with Crippen LogP contribution >= 0.6 is 11.8 Å². The van der Waals surface area contributed by atoms with Gasteiger partial charge in [0.2, 0.25) is 0 Å². The summed E-state index contributed by atoms with van der Waals surface area (Å²) in [6, 6.07) is 16.7. The largest absolute Gasteiger partial charge is 0.493 e. The second kappa shape index (κ2) is 12.1. The predicted molar refractivity (Wildman–Crippen MR) is 144 cm³/mol. The van der Waals surface area contributed by atoms with E-state index in [1.165, 1.54) is 22.6 Å². The Hall–Kier alpha value is -3.58. The molecule has 2 N–H and O–H groups in total. The maximum absolute atomic E-state index is 13.0. The molecular formula is C30H30O6S. The Bertz CT molecular complexity index is 1310. The first kappa shape index (κ1) is 26.5. The van der Waals surface area contributed by atoms with Gasteiger partial charge in [0, 0.05) is 22.4 Å². The summed E-state index contributed by atoms with van der Waals surface area (Å²) in [5.41, 5.74) is 4.24. The molecule has 0 heterocycles. The van der Waals surface area contributed by atoms with Crippen molar-refractivity contribution in [1.82, 2.24) is 0 Å². The van der Waals surface area contributed by atoms with E-state index in [0.717, 1.165) is 32.1 Å². The van der Waals surface area contributed by atoms with Crippen LogP contribution in [0.25, 0.3) is 11.1 Å². The first-order chi connectivity index (χ1) is 17.9. The molecule has 0 radical (unpaired) electrons. The molecule has 0 saturated carbocycles. The van der Waals surface area contributed by atoms with Gasteiger partial charge in [-0.2, -0.15) is 0 Å². The number of carbonyl (C=O) groups is 3. The molecule has 0 aliphatic heterocycles. The summed E-state index contributed by atoms with van der Waals surface area (Å²) < 4.78 is 6.10. The zero-order valence-electron chi connectivity index (χ0n) is 20.8. The van der Waals surface area contributed by atoms with Gasteiger partial charge in [-0.25, -0.2) is 4.79 Å². The van der Waals surface area contributed by atoms with Gasteiger partial charge >= 0.3 is 11.9 Å². The molecule has 0 saturated heterocycles. The zero-order valence-corrected chi connectivity index (χ0v) is 21.6. The molecule has 0 bridgehead atoms. The molecule has 192 valence electrons. The van der Waals surface area contributed by atoms with E-state index in [1.807, 2.05) is 0 Å². The monoisotopic (exact) mass is 518 g/mol. The number of aryl methyl sites for hydroxylation is 2. The Morgan fingerprint density at radius 2 is 1.54 bits per heavy atom. The molecule has 0 spiro atoms. The minimum atomic E-state index is -1.09. The molecule has 7 heteroatoms. The Balaban J connectivity index is 1.39. The number of aromatic carboxylic acids is 1. The third-order valence-corrected chi connectivity index (χ3v) is 7.37. The summed E-state index contributed by atoms with van der Waals surface area (Å²) in [7, 11) is 0. The summed E-state index contributed by atoms with van der Waals surface area (Å²) in [5.74, 6) is -1.68. The first-order valence-corrected chi connectivity index (χ1v) is 13.7. The average Bonchev–Trinajstić information content (AvgIpc) is 3.17. The number of aliphatic carboxylic acids is 1. The highest BCUT2D eigenvalue weighted by Crippen LogP contribution is 2.41. The van der Waals surface area contributed by atoms with Crippen molar-refractivity contribution in [1.29, 1.82) is 0 Å². The van der Waals surface area contributed by atoms with E-state index in [4.69, 9.17) is 4.74 Å². The van der Waals surface area contributed by atoms with Crippen molar-refractivity contribution in [3.05, 3.63) is 82.4 Å². The van der Waals surface area contributed by atoms with Crippen LogP contribution in [0.4, 0.5) is 0 Å². The van der Waals surface area contributed by atoms with E-state index < -0.39 is 11.9 Å². The molecule has 37 heavy (non-hydrogen) atoms. The molecule has 3 aromatic rings. The molecule has 3 aromatic carbocycles. The van der Waals surface area contributed by atoms with E-state index in [9.17, 15) is 24.6 Å². The predicted octanol–water partition coefficient (Wildman–Crippen LogP) is 6.52. The standard InChI is InChI=1S/C30H30O6S/c1-37-22-11-7-19(8-12-22)6-4-2-3-5-15-36-27-18-24-23-13-9-21(30(34)35)17-25(23)29(33)26(24)16-20(27)10-14-28(31)32/h7-9,11-13,16-18H,2-6,10,14-15H2,1H3,(H,31,32)(H,34,35). The van der Waals surface area contributed by atoms with Gasteiger partial charge in [-0.1, -0.05) is 31.0 Å². The van der Waals surface area contributed by atoms with Crippen molar-refractivity contribution in [2.75, 3.05) is 12.9 Å². The van der Waals surface area contributed by atoms with Crippen molar-refractivity contribution < 1.29 is 29.3 Å². The number of hydrogen-bond donors (Lipinski definition) is 2. The fourth-order valence-electron chi connectivity index (χ4n) is 4.61. The first-order valence-electron chi connectivity index (χ1n) is 12.4. The molecule has 1 aliphatic carbocycles. The van der Waals surface area contributed by atoms with Gasteiger partial charge in [-0.05, 0) is 90.6 Å². The third-order valence-electron chi connectivity index (χ3n) is 6.63. The maximum atomic E-state index is 13.0. The fourth-order valence-corrected chi connectivity index (χ4v) is 5.02. The Morgan fingerprint density at radius 3 is 2.24 bits per heavy atom. The van der Waals surface area contributed by atoms with Crippen LogP contribution in [0.5, 0.6) is 5.75 Å². The van der Waals surface area contributed by atoms with Crippen LogP contribution in [0.2, 0.25) is 0 Å². The topological polar surface area (TPSA) is 101 Å². The van der Waals surface area contributed by atoms with E-state index in [0.29, 0.717) is 40.2 Å². The molecule has 0 aromatic heterocycles. The maximum Gasteiger partial charge on any atom is 0.335 e. The zero-order chi connectivity index (χ0) is 26.4. The van der Waals surface area contributed by atoms with Gasteiger partial charge in [-0.3, -0.25) is 9.59 Å². The quantitative estimate of drug-likeness (QED) is 0.154. The molecule has 4 rings (SSSR count). The molecular weight excluding hydrogens is 488 g/mol. The normalized spacial score (nSPS) is 11.8. The van der Waals surface area contributed by atoms with Crippen LogP contribution < -0.4 is 4.74 Å². The Morgan fingerprint density at radius 1 is 0.811 bits per heavy atom. The average molecular weight is 519 g/mol. The number of ketones is 1. The number of benzene rings is 3. The number of carboxylic acid groups (broad SMARTS) is 2. The van der Waals surface area contributed by atoms with Crippen molar-refractivity contribution in [3.8, 4) is 16.9 Å². The highest BCUT2D eigenvalue weighted by molar-refractivity contribution is 7.98. The molecule has 0 fully saturated rings. The molecule has 0 unspecified atom stereocenters. The fraction of sp³-hybridized carbons (Fsp3) is 0.300. The smallest absolute Gasteiger partial charge is 0.335 e. The summed E-state index contributed by atoms with van der Waals surface area (Å²) in [4.78, 5) is 36.8. The Kier molecular flexibility index (Phi) is 8.66. The summed E-state index contributed by atoms with van der Waals surface area (Å²) in [6.07, 6.45) is 7.40. The number of thioether (sulfide) groups is 1. The highest BCUT2D eigenvalue weighted by Gasteiger charge is 2.29. The van der Waals surface area contributed by atoms with Crippen LogP contribution in [0.3, 0.4) is 0 Å². The molecule has 0 atom stereocenters. The van der Waals surface area contributed by atoms with Crippen molar-refractivity contribution in [2.24, 2.45) is 0 Å². The van der Waals surface area contributed by atoms with Crippen molar-refractivity contribution in [2.45, 2.75) is 49.8 Å². The number of ether oxygens (including phenoxy) is 1. The summed E-state index contributed by atoms with van der Waals surface area (Å²) >= 11 is 1.74. The summed E-state index contributed by atoms with van der Waals surface area (Å²) in [6.45, 7) is 0.500. The lowest BCUT2D eigenvalue weighted by Gasteiger charge is -2.14. The molecule has 6 nitrogen and oxygen atoms in total. The lowest BCUT2D eigenvalue weighted by atomic mass is 9.99. The minimum Gasteiger partial charge on any atom is -0.493 e. The molecule has 0 amide bonds. The minimum absolute atomic E-state index is 0.0551. The van der Waals surface area contributed by atoms with Gasteiger partial charge in [0.1, 0.15) is 5.75 Å². The summed E-state index contributed by atoms with van der Waals surface area (Å²) in [5, 5.41) is 18.5. The second-order valence-electron chi connectivity index (χ2n) is 9.15. The van der Waals surface area contributed by atoms with Crippen molar-refractivity contribution in [3.63, 3.8) is 0 Å². The highest BCUT2D eigenvalue weighted by atomic mass is 32.2. The third kappa shape index (κ3) is 6.41. The van der Waals surface area contributed by atoms with E-state index >= 15 is 0 Å². The number of carbonyl (C=O) groups excluding carboxylic acids is 1. The number of carboxylic acids is 2. The van der Waals surface area contributed by atoms with E-state index in [2.05, 4.69) is 30.5 Å². The number of fused-ring (bicyclic) bond motifs is 3. The van der Waals surface area contributed by atoms with Crippen LogP contribution in [-0.4, -0.2) is 40.8 Å². The number of hydrogen-bond acceptors (Lipinski definition) is 5. The van der Waals surface area contributed by atoms with Crippen LogP contribution in [0.15, 0.2) is 59.5 Å². The van der Waals surface area contributed by atoms with E-state index in [1.54, 1.807) is 30.0 Å². The van der Waals surface area contributed by atoms with Crippen LogP contribution in [0.1, 0.15) is 69.5 Å². The van der Waals surface area contributed by atoms with Crippen molar-refractivity contribution >= 4 is 29.5 Å². The van der Waals surface area contributed by atoms with Gasteiger partial charge in [0.25, 0.3) is 0 Å². The lowest BCUT2D eigenvalue weighted by molar-refractivity contribution is -0.136. The van der Waals surface area contributed by atoms with Gasteiger partial charge < -0.3 is 14.9 Å². The number of rotatable bonds is 13. The van der Waals surface area contributed by atoms with Gasteiger partial charge in [0.15, 0.2) is 5.78 Å². The molecule has 1 aliphatic rings. The van der Waals surface area contributed by atoms with Crippen LogP contribution in [0, 0.1) is 0 Å².